The van der Waals surface area contributed by atoms with Crippen LogP contribution < -0.4 is 5.73 Å². The zero-order valence-corrected chi connectivity index (χ0v) is 10.1. The fourth-order valence-corrected chi connectivity index (χ4v) is 2.36. The number of fused-ring (bicyclic) bond motifs is 1. The quantitative estimate of drug-likeness (QED) is 0.835. The Morgan fingerprint density at radius 3 is 3.00 bits per heavy atom. The normalized spacial score (nSPS) is 18.6. The molecule has 18 heavy (non-hydrogen) atoms. The summed E-state index contributed by atoms with van der Waals surface area (Å²) in [5, 5.41) is 0. The predicted molar refractivity (Wildman–Crippen MR) is 64.6 cm³/mol. The number of hydrogen-bond acceptors (Lipinski definition) is 5. The summed E-state index contributed by atoms with van der Waals surface area (Å²) < 4.78 is 10.1. The molecule has 1 aliphatic carbocycles. The molecule has 1 aromatic heterocycles. The van der Waals surface area contributed by atoms with Gasteiger partial charge in [-0.15, -0.1) is 0 Å². The number of nitrogens with zero attached hydrogens (tertiary/aromatic N) is 1. The zero-order chi connectivity index (χ0) is 12.8. The highest BCUT2D eigenvalue weighted by molar-refractivity contribution is 5.81. The van der Waals surface area contributed by atoms with Gasteiger partial charge in [0.05, 0.1) is 12.5 Å². The number of rotatable bonds is 3. The fourth-order valence-electron chi connectivity index (χ4n) is 2.36. The Balaban J connectivity index is 1.96. The molecule has 0 spiro atoms. The first-order chi connectivity index (χ1) is 8.67. The minimum absolute atomic E-state index is 0.229. The second kappa shape index (κ2) is 3.81. The second-order valence-electron chi connectivity index (χ2n) is 4.70. The number of esters is 1. The summed E-state index contributed by atoms with van der Waals surface area (Å²) in [6.07, 6.45) is 2.94. The van der Waals surface area contributed by atoms with Gasteiger partial charge in [0.1, 0.15) is 5.52 Å². The van der Waals surface area contributed by atoms with E-state index in [1.807, 2.05) is 18.2 Å². The summed E-state index contributed by atoms with van der Waals surface area (Å²) in [6.45, 7) is 0. The van der Waals surface area contributed by atoms with Gasteiger partial charge >= 0.3 is 5.97 Å². The van der Waals surface area contributed by atoms with E-state index in [1.54, 1.807) is 0 Å². The summed E-state index contributed by atoms with van der Waals surface area (Å²) >= 11 is 0. The molecule has 1 heterocycles. The van der Waals surface area contributed by atoms with Gasteiger partial charge in [0.25, 0.3) is 0 Å². The molecule has 0 radical (unpaired) electrons. The lowest BCUT2D eigenvalue weighted by molar-refractivity contribution is -0.148. The summed E-state index contributed by atoms with van der Waals surface area (Å²) in [5.74, 6) is -0.229. The van der Waals surface area contributed by atoms with E-state index in [2.05, 4.69) is 4.98 Å². The lowest BCUT2D eigenvalue weighted by atomic mass is 9.91. The predicted octanol–water partition coefficient (Wildman–Crippen LogP) is 1.78. The first-order valence-electron chi connectivity index (χ1n) is 5.84. The van der Waals surface area contributed by atoms with Gasteiger partial charge < -0.3 is 14.9 Å². The number of benzene rings is 1. The van der Waals surface area contributed by atoms with Gasteiger partial charge in [-0.1, -0.05) is 6.07 Å². The van der Waals surface area contributed by atoms with Crippen molar-refractivity contribution >= 4 is 17.1 Å². The summed E-state index contributed by atoms with van der Waals surface area (Å²) in [6, 6.07) is 5.22. The largest absolute Gasteiger partial charge is 0.469 e. The first kappa shape index (κ1) is 11.2. The molecular weight excluding hydrogens is 232 g/mol. The van der Waals surface area contributed by atoms with Gasteiger partial charge in [0.15, 0.2) is 12.0 Å². The van der Waals surface area contributed by atoms with Crippen LogP contribution in [0.4, 0.5) is 0 Å². The molecule has 0 aliphatic heterocycles. The standard InChI is InChI=1S/C13H14N2O3/c1-17-12(16)13(4-5-13)11(14)8-2-3-9-10(6-8)18-7-15-9/h2-3,6-7,11H,4-5,14H2,1H3. The van der Waals surface area contributed by atoms with Gasteiger partial charge in [-0.05, 0) is 30.5 Å². The van der Waals surface area contributed by atoms with Gasteiger partial charge in [-0.25, -0.2) is 4.98 Å². The highest BCUT2D eigenvalue weighted by atomic mass is 16.5. The van der Waals surface area contributed by atoms with Gasteiger partial charge in [-0.3, -0.25) is 4.79 Å². The van der Waals surface area contributed by atoms with Crippen LogP contribution in [0.15, 0.2) is 29.0 Å². The molecule has 0 bridgehead atoms. The Kier molecular flexibility index (Phi) is 2.38. The lowest BCUT2D eigenvalue weighted by Gasteiger charge is -2.21. The number of oxazole rings is 1. The number of ether oxygens (including phenoxy) is 1. The third kappa shape index (κ3) is 1.51. The minimum atomic E-state index is -0.553. The summed E-state index contributed by atoms with van der Waals surface area (Å²) in [5.41, 5.74) is 8.00. The molecule has 0 saturated heterocycles. The van der Waals surface area contributed by atoms with E-state index in [4.69, 9.17) is 14.9 Å². The molecule has 1 aliphatic rings. The Bertz CT molecular complexity index is 601. The van der Waals surface area contributed by atoms with Crippen molar-refractivity contribution < 1.29 is 13.9 Å². The van der Waals surface area contributed by atoms with E-state index in [9.17, 15) is 4.79 Å². The Labute approximate surface area is 104 Å². The summed E-state index contributed by atoms with van der Waals surface area (Å²) in [7, 11) is 1.40. The van der Waals surface area contributed by atoms with Crippen molar-refractivity contribution in [3.63, 3.8) is 0 Å². The van der Waals surface area contributed by atoms with Crippen molar-refractivity contribution in [2.45, 2.75) is 18.9 Å². The van der Waals surface area contributed by atoms with Crippen LogP contribution in [0, 0.1) is 5.41 Å². The van der Waals surface area contributed by atoms with Crippen molar-refractivity contribution in [1.29, 1.82) is 0 Å². The van der Waals surface area contributed by atoms with E-state index in [1.165, 1.54) is 13.5 Å². The van der Waals surface area contributed by atoms with E-state index in [-0.39, 0.29) is 12.0 Å². The maximum Gasteiger partial charge on any atom is 0.313 e. The highest BCUT2D eigenvalue weighted by Crippen LogP contribution is 2.54. The average molecular weight is 246 g/mol. The number of carbonyl (C=O) groups excluding carboxylic acids is 1. The molecule has 2 N–H and O–H groups in total. The number of hydrogen-bond donors (Lipinski definition) is 1. The third-order valence-electron chi connectivity index (χ3n) is 3.69. The van der Waals surface area contributed by atoms with Crippen LogP contribution in [0.1, 0.15) is 24.4 Å². The fraction of sp³-hybridized carbons (Fsp3) is 0.385. The average Bonchev–Trinajstić information content (AvgIpc) is 3.08. The van der Waals surface area contributed by atoms with Crippen molar-refractivity contribution in [3.05, 3.63) is 30.2 Å². The van der Waals surface area contributed by atoms with E-state index < -0.39 is 5.41 Å². The van der Waals surface area contributed by atoms with Crippen LogP contribution in [0.2, 0.25) is 0 Å². The maximum absolute atomic E-state index is 11.8. The summed E-state index contributed by atoms with van der Waals surface area (Å²) in [4.78, 5) is 15.8. The SMILES string of the molecule is COC(=O)C1(C(N)c2ccc3ncoc3c2)CC1. The number of carbonyl (C=O) groups is 1. The molecule has 1 aromatic carbocycles. The Hall–Kier alpha value is -1.88. The molecule has 1 fully saturated rings. The van der Waals surface area contributed by atoms with Crippen LogP contribution in [-0.2, 0) is 9.53 Å². The second-order valence-corrected chi connectivity index (χ2v) is 4.70. The lowest BCUT2D eigenvalue weighted by Crippen LogP contribution is -2.31. The topological polar surface area (TPSA) is 78.4 Å². The zero-order valence-electron chi connectivity index (χ0n) is 10.1. The van der Waals surface area contributed by atoms with Gasteiger partial charge in [0, 0.05) is 6.04 Å². The van der Waals surface area contributed by atoms with Crippen LogP contribution in [0.3, 0.4) is 0 Å². The molecule has 5 nitrogen and oxygen atoms in total. The molecule has 94 valence electrons. The minimum Gasteiger partial charge on any atom is -0.469 e. The molecule has 0 amide bonds. The van der Waals surface area contributed by atoms with Crippen LogP contribution in [0.25, 0.3) is 11.1 Å². The van der Waals surface area contributed by atoms with Gasteiger partial charge in [0.2, 0.25) is 0 Å². The van der Waals surface area contributed by atoms with E-state index in [0.29, 0.717) is 5.58 Å². The smallest absolute Gasteiger partial charge is 0.313 e. The molecule has 2 aromatic rings. The monoisotopic (exact) mass is 246 g/mol. The van der Waals surface area contributed by atoms with Crippen molar-refractivity contribution in [1.82, 2.24) is 4.98 Å². The number of methoxy groups -OCH3 is 1. The van der Waals surface area contributed by atoms with Crippen LogP contribution in [-0.4, -0.2) is 18.1 Å². The van der Waals surface area contributed by atoms with Crippen molar-refractivity contribution in [2.75, 3.05) is 7.11 Å². The Morgan fingerprint density at radius 2 is 2.33 bits per heavy atom. The van der Waals surface area contributed by atoms with Crippen molar-refractivity contribution in [3.8, 4) is 0 Å². The third-order valence-corrected chi connectivity index (χ3v) is 3.69. The molecule has 5 heteroatoms. The molecule has 1 unspecified atom stereocenters. The molecule has 3 rings (SSSR count). The van der Waals surface area contributed by atoms with Crippen molar-refractivity contribution in [2.24, 2.45) is 11.1 Å². The molecule has 1 saturated carbocycles. The molecule has 1 atom stereocenters. The Morgan fingerprint density at radius 1 is 1.56 bits per heavy atom. The number of aromatic nitrogens is 1. The van der Waals surface area contributed by atoms with E-state index >= 15 is 0 Å². The maximum atomic E-state index is 11.8. The van der Waals surface area contributed by atoms with E-state index in [0.717, 1.165) is 23.9 Å². The molecular formula is C13H14N2O3. The van der Waals surface area contributed by atoms with Crippen LogP contribution >= 0.6 is 0 Å². The number of nitrogens with two attached hydrogens (primary N) is 1. The van der Waals surface area contributed by atoms with Gasteiger partial charge in [-0.2, -0.15) is 0 Å². The highest BCUT2D eigenvalue weighted by Gasteiger charge is 2.56. The van der Waals surface area contributed by atoms with Crippen LogP contribution in [0.5, 0.6) is 0 Å². The first-order valence-corrected chi connectivity index (χ1v) is 5.84.